The molecule has 2 aromatic carbocycles. The van der Waals surface area contributed by atoms with Gasteiger partial charge < -0.3 is 10.6 Å². The number of carbonyl (C=O) groups is 1. The Morgan fingerprint density at radius 2 is 1.92 bits per heavy atom. The first-order valence-corrected chi connectivity index (χ1v) is 8.44. The highest BCUT2D eigenvalue weighted by atomic mass is 79.9. The molecule has 2 N–H and O–H groups in total. The SMILES string of the molecule is N#C/C(=C/NCCc1ccccc1Br)C(=O)Nc1ccccc1[N+](=O)[O-]. The molecular formula is C18H15BrN4O3. The lowest BCUT2D eigenvalue weighted by Crippen LogP contribution is -2.18. The van der Waals surface area contributed by atoms with Gasteiger partial charge in [-0.3, -0.25) is 14.9 Å². The summed E-state index contributed by atoms with van der Waals surface area (Å²) in [7, 11) is 0. The first-order chi connectivity index (χ1) is 12.5. The molecule has 0 saturated heterocycles. The highest BCUT2D eigenvalue weighted by Crippen LogP contribution is 2.23. The summed E-state index contributed by atoms with van der Waals surface area (Å²) in [6.45, 7) is 0.520. The first-order valence-electron chi connectivity index (χ1n) is 7.64. The van der Waals surface area contributed by atoms with Crippen LogP contribution in [0, 0.1) is 21.4 Å². The predicted molar refractivity (Wildman–Crippen MR) is 101 cm³/mol. The van der Waals surface area contributed by atoms with E-state index in [0.717, 1.165) is 10.0 Å². The molecule has 0 aromatic heterocycles. The van der Waals surface area contributed by atoms with E-state index in [0.29, 0.717) is 13.0 Å². The van der Waals surface area contributed by atoms with Crippen LogP contribution in [0.25, 0.3) is 0 Å². The molecule has 0 heterocycles. The second-order valence-corrected chi connectivity index (χ2v) is 6.05. The zero-order chi connectivity index (χ0) is 18.9. The first kappa shape index (κ1) is 19.1. The van der Waals surface area contributed by atoms with Gasteiger partial charge in [0.2, 0.25) is 0 Å². The summed E-state index contributed by atoms with van der Waals surface area (Å²) in [4.78, 5) is 22.5. The molecule has 0 bridgehead atoms. The van der Waals surface area contributed by atoms with Crippen molar-refractivity contribution in [3.05, 3.63) is 80.5 Å². The monoisotopic (exact) mass is 414 g/mol. The van der Waals surface area contributed by atoms with Crippen molar-refractivity contribution in [1.29, 1.82) is 5.26 Å². The van der Waals surface area contributed by atoms with E-state index in [4.69, 9.17) is 5.26 Å². The maximum Gasteiger partial charge on any atom is 0.292 e. The molecule has 2 aromatic rings. The van der Waals surface area contributed by atoms with E-state index in [1.54, 1.807) is 12.1 Å². The van der Waals surface area contributed by atoms with E-state index < -0.39 is 10.8 Å². The number of benzene rings is 2. The van der Waals surface area contributed by atoms with E-state index in [-0.39, 0.29) is 16.9 Å². The summed E-state index contributed by atoms with van der Waals surface area (Å²) in [6.07, 6.45) is 2.00. The summed E-state index contributed by atoms with van der Waals surface area (Å²) in [5.41, 5.74) is 0.725. The van der Waals surface area contributed by atoms with Crippen LogP contribution in [-0.4, -0.2) is 17.4 Å². The van der Waals surface area contributed by atoms with Gasteiger partial charge in [0.1, 0.15) is 17.3 Å². The third-order valence-corrected chi connectivity index (χ3v) is 4.23. The Kier molecular flexibility index (Phi) is 6.88. The Balaban J connectivity index is 1.98. The van der Waals surface area contributed by atoms with Crippen molar-refractivity contribution < 1.29 is 9.72 Å². The number of para-hydroxylation sites is 2. The van der Waals surface area contributed by atoms with Crippen LogP contribution < -0.4 is 10.6 Å². The van der Waals surface area contributed by atoms with E-state index in [1.165, 1.54) is 24.4 Å². The van der Waals surface area contributed by atoms with Gasteiger partial charge in [-0.05, 0) is 24.1 Å². The van der Waals surface area contributed by atoms with Crippen LogP contribution in [0.4, 0.5) is 11.4 Å². The molecule has 132 valence electrons. The Hall–Kier alpha value is -3.18. The second-order valence-electron chi connectivity index (χ2n) is 5.19. The minimum Gasteiger partial charge on any atom is -0.389 e. The minimum absolute atomic E-state index is 0.0388. The maximum absolute atomic E-state index is 12.2. The van der Waals surface area contributed by atoms with Crippen molar-refractivity contribution in [3.63, 3.8) is 0 Å². The summed E-state index contributed by atoms with van der Waals surface area (Å²) < 4.78 is 0.986. The number of hydrogen-bond donors (Lipinski definition) is 2. The molecule has 0 unspecified atom stereocenters. The molecular weight excluding hydrogens is 400 g/mol. The summed E-state index contributed by atoms with van der Waals surface area (Å²) in [5, 5.41) is 25.4. The third kappa shape index (κ3) is 5.16. The van der Waals surface area contributed by atoms with Crippen LogP contribution in [0.15, 0.2) is 64.8 Å². The number of nitriles is 1. The Bertz CT molecular complexity index is 890. The number of anilines is 1. The third-order valence-electron chi connectivity index (χ3n) is 3.46. The fourth-order valence-electron chi connectivity index (χ4n) is 2.16. The number of nitrogens with one attached hydrogen (secondary N) is 2. The molecule has 7 nitrogen and oxygen atoms in total. The Morgan fingerprint density at radius 3 is 2.62 bits per heavy atom. The van der Waals surface area contributed by atoms with E-state index >= 15 is 0 Å². The Labute approximate surface area is 158 Å². The number of hydrogen-bond acceptors (Lipinski definition) is 5. The molecule has 0 aliphatic carbocycles. The largest absolute Gasteiger partial charge is 0.389 e. The zero-order valence-electron chi connectivity index (χ0n) is 13.6. The van der Waals surface area contributed by atoms with E-state index in [1.807, 2.05) is 24.3 Å². The number of amides is 1. The minimum atomic E-state index is -0.713. The molecule has 0 aliphatic rings. The highest BCUT2D eigenvalue weighted by molar-refractivity contribution is 9.10. The van der Waals surface area contributed by atoms with Crippen molar-refractivity contribution in [3.8, 4) is 6.07 Å². The van der Waals surface area contributed by atoms with Crippen molar-refractivity contribution in [2.24, 2.45) is 0 Å². The molecule has 8 heteroatoms. The van der Waals surface area contributed by atoms with Crippen molar-refractivity contribution in [2.75, 3.05) is 11.9 Å². The van der Waals surface area contributed by atoms with Crippen LogP contribution in [0.1, 0.15) is 5.56 Å². The molecule has 0 saturated carbocycles. The lowest BCUT2D eigenvalue weighted by Gasteiger charge is -2.06. The standard InChI is InChI=1S/C18H15BrN4O3/c19-15-6-2-1-5-13(15)9-10-21-12-14(11-20)18(24)22-16-7-3-4-8-17(16)23(25)26/h1-8,12,21H,9-10H2,(H,22,24)/b14-12-. The molecule has 1 amide bonds. The summed E-state index contributed by atoms with van der Waals surface area (Å²) in [6, 6.07) is 15.3. The number of nitrogens with zero attached hydrogens (tertiary/aromatic N) is 2. The van der Waals surface area contributed by atoms with Gasteiger partial charge in [-0.1, -0.05) is 46.3 Å². The molecule has 0 radical (unpaired) electrons. The molecule has 0 fully saturated rings. The van der Waals surface area contributed by atoms with Crippen LogP contribution in [0.2, 0.25) is 0 Å². The zero-order valence-corrected chi connectivity index (χ0v) is 15.2. The molecule has 0 spiro atoms. The van der Waals surface area contributed by atoms with Crippen LogP contribution in [0.3, 0.4) is 0 Å². The number of nitro groups is 1. The Morgan fingerprint density at radius 1 is 1.23 bits per heavy atom. The van der Waals surface area contributed by atoms with E-state index in [2.05, 4.69) is 26.6 Å². The van der Waals surface area contributed by atoms with Crippen LogP contribution in [-0.2, 0) is 11.2 Å². The number of carbonyl (C=O) groups excluding carboxylic acids is 1. The normalized spacial score (nSPS) is 10.7. The van der Waals surface area contributed by atoms with Crippen molar-refractivity contribution >= 4 is 33.2 Å². The quantitative estimate of drug-likeness (QED) is 0.237. The lowest BCUT2D eigenvalue weighted by molar-refractivity contribution is -0.383. The lowest BCUT2D eigenvalue weighted by atomic mass is 10.1. The fraction of sp³-hybridized carbons (Fsp3) is 0.111. The highest BCUT2D eigenvalue weighted by Gasteiger charge is 2.17. The van der Waals surface area contributed by atoms with Crippen molar-refractivity contribution in [2.45, 2.75) is 6.42 Å². The number of rotatable bonds is 7. The van der Waals surface area contributed by atoms with Crippen LogP contribution in [0.5, 0.6) is 0 Å². The molecule has 26 heavy (non-hydrogen) atoms. The average molecular weight is 415 g/mol. The summed E-state index contributed by atoms with van der Waals surface area (Å²) >= 11 is 3.46. The van der Waals surface area contributed by atoms with E-state index in [9.17, 15) is 14.9 Å². The maximum atomic E-state index is 12.2. The average Bonchev–Trinajstić information content (AvgIpc) is 2.63. The second kappa shape index (κ2) is 9.34. The van der Waals surface area contributed by atoms with Gasteiger partial charge in [0.15, 0.2) is 0 Å². The number of nitro benzene ring substituents is 1. The molecule has 2 rings (SSSR count). The topological polar surface area (TPSA) is 108 Å². The summed E-state index contributed by atoms with van der Waals surface area (Å²) in [5.74, 6) is -0.713. The smallest absolute Gasteiger partial charge is 0.292 e. The van der Waals surface area contributed by atoms with Gasteiger partial charge in [-0.2, -0.15) is 5.26 Å². The molecule has 0 atom stereocenters. The van der Waals surface area contributed by atoms with Crippen molar-refractivity contribution in [1.82, 2.24) is 5.32 Å². The predicted octanol–water partition coefficient (Wildman–Crippen LogP) is 3.54. The van der Waals surface area contributed by atoms with Crippen LogP contribution >= 0.6 is 15.9 Å². The van der Waals surface area contributed by atoms with Gasteiger partial charge in [0.05, 0.1) is 4.92 Å². The molecule has 0 aliphatic heterocycles. The fourth-order valence-corrected chi connectivity index (χ4v) is 2.64. The number of halogens is 1. The van der Waals surface area contributed by atoms with Gasteiger partial charge in [-0.15, -0.1) is 0 Å². The van der Waals surface area contributed by atoms with Gasteiger partial charge >= 0.3 is 0 Å². The van der Waals surface area contributed by atoms with Gasteiger partial charge in [-0.25, -0.2) is 0 Å². The van der Waals surface area contributed by atoms with Gasteiger partial charge in [0, 0.05) is 23.3 Å². The van der Waals surface area contributed by atoms with Gasteiger partial charge in [0.25, 0.3) is 11.6 Å².